The monoisotopic (exact) mass is 394 g/mol. The van der Waals surface area contributed by atoms with Gasteiger partial charge in [0.15, 0.2) is 5.65 Å². The number of carbonyl (C=O) groups is 1. The van der Waals surface area contributed by atoms with Gasteiger partial charge in [-0.3, -0.25) is 9.89 Å². The Balaban J connectivity index is 1.70. The standard InChI is InChI=1S/C14H15BrN6OS/c1-3-7-9-12(18-19-13(9)21(2)20-7)17-14(22)11-10(15)6-4-16-5-8(6)23-11/h16H,3-5H2,1-2H3,(H2,17,18,19,22). The van der Waals surface area contributed by atoms with Gasteiger partial charge in [0.1, 0.15) is 10.7 Å². The number of H-pyrrole nitrogens is 1. The molecule has 23 heavy (non-hydrogen) atoms. The maximum absolute atomic E-state index is 12.7. The molecule has 3 N–H and O–H groups in total. The summed E-state index contributed by atoms with van der Waals surface area (Å²) in [5.74, 6) is 0.473. The number of nitrogens with one attached hydrogen (secondary N) is 3. The van der Waals surface area contributed by atoms with E-state index in [1.807, 2.05) is 14.0 Å². The number of aryl methyl sites for hydroxylation is 2. The van der Waals surface area contributed by atoms with Crippen LogP contribution < -0.4 is 10.6 Å². The van der Waals surface area contributed by atoms with E-state index in [0.29, 0.717) is 10.7 Å². The lowest BCUT2D eigenvalue weighted by molar-refractivity contribution is 0.102. The Hall–Kier alpha value is -1.71. The largest absolute Gasteiger partial charge is 0.308 e. The van der Waals surface area contributed by atoms with Crippen molar-refractivity contribution in [2.45, 2.75) is 26.4 Å². The lowest BCUT2D eigenvalue weighted by Crippen LogP contribution is -2.12. The summed E-state index contributed by atoms with van der Waals surface area (Å²) in [7, 11) is 1.85. The van der Waals surface area contributed by atoms with Gasteiger partial charge in [-0.25, -0.2) is 4.68 Å². The van der Waals surface area contributed by atoms with Crippen LogP contribution in [0.25, 0.3) is 11.0 Å². The van der Waals surface area contributed by atoms with Crippen LogP contribution in [0.5, 0.6) is 0 Å². The molecule has 4 rings (SSSR count). The Labute approximate surface area is 144 Å². The number of fused-ring (bicyclic) bond motifs is 2. The van der Waals surface area contributed by atoms with Gasteiger partial charge in [-0.05, 0) is 27.9 Å². The van der Waals surface area contributed by atoms with Crippen molar-refractivity contribution in [1.82, 2.24) is 25.3 Å². The van der Waals surface area contributed by atoms with Crippen LogP contribution in [-0.4, -0.2) is 25.9 Å². The van der Waals surface area contributed by atoms with Crippen LogP contribution in [0.3, 0.4) is 0 Å². The first kappa shape index (κ1) is 14.9. The molecule has 3 aromatic heterocycles. The molecule has 120 valence electrons. The highest BCUT2D eigenvalue weighted by molar-refractivity contribution is 9.10. The molecule has 0 aliphatic carbocycles. The summed E-state index contributed by atoms with van der Waals surface area (Å²) in [5, 5.41) is 18.7. The lowest BCUT2D eigenvalue weighted by Gasteiger charge is -2.03. The number of anilines is 1. The molecule has 7 nitrogen and oxygen atoms in total. The number of aromatic amines is 1. The molecule has 0 atom stereocenters. The molecule has 0 fully saturated rings. The molecule has 1 aliphatic rings. The molecule has 1 aliphatic heterocycles. The Morgan fingerprint density at radius 3 is 3.04 bits per heavy atom. The van der Waals surface area contributed by atoms with Crippen molar-refractivity contribution < 1.29 is 4.79 Å². The molecule has 1 amide bonds. The molecule has 0 bridgehead atoms. The predicted octanol–water partition coefficient (Wildman–Crippen LogP) is 2.54. The Kier molecular flexibility index (Phi) is 3.51. The number of amides is 1. The van der Waals surface area contributed by atoms with Crippen molar-refractivity contribution in [2.75, 3.05) is 5.32 Å². The second-order valence-corrected chi connectivity index (χ2v) is 7.32. The highest BCUT2D eigenvalue weighted by Crippen LogP contribution is 2.36. The van der Waals surface area contributed by atoms with Gasteiger partial charge in [0.2, 0.25) is 0 Å². The maximum atomic E-state index is 12.7. The number of rotatable bonds is 3. The zero-order chi connectivity index (χ0) is 16.1. The van der Waals surface area contributed by atoms with Gasteiger partial charge in [-0.2, -0.15) is 10.2 Å². The smallest absolute Gasteiger partial charge is 0.268 e. The van der Waals surface area contributed by atoms with E-state index >= 15 is 0 Å². The quantitative estimate of drug-likeness (QED) is 0.636. The molecule has 4 heterocycles. The molecular formula is C14H15BrN6OS. The van der Waals surface area contributed by atoms with Crippen LogP contribution in [0.2, 0.25) is 0 Å². The molecule has 0 saturated heterocycles. The summed E-state index contributed by atoms with van der Waals surface area (Å²) in [5.41, 5.74) is 2.85. The van der Waals surface area contributed by atoms with Gasteiger partial charge in [0.05, 0.1) is 11.1 Å². The van der Waals surface area contributed by atoms with E-state index in [1.54, 1.807) is 4.68 Å². The molecule has 0 radical (unpaired) electrons. The van der Waals surface area contributed by atoms with Crippen LogP contribution in [0, 0.1) is 0 Å². The number of carbonyl (C=O) groups excluding carboxylic acids is 1. The van der Waals surface area contributed by atoms with Crippen LogP contribution in [0.4, 0.5) is 5.82 Å². The fraction of sp³-hybridized carbons (Fsp3) is 0.357. The van der Waals surface area contributed by atoms with E-state index < -0.39 is 0 Å². The van der Waals surface area contributed by atoms with Crippen molar-refractivity contribution in [3.8, 4) is 0 Å². The first-order valence-corrected chi connectivity index (χ1v) is 8.93. The summed E-state index contributed by atoms with van der Waals surface area (Å²) in [4.78, 5) is 14.6. The third kappa shape index (κ3) is 2.22. The van der Waals surface area contributed by atoms with Gasteiger partial charge >= 0.3 is 0 Å². The first-order valence-electron chi connectivity index (χ1n) is 7.32. The highest BCUT2D eigenvalue weighted by atomic mass is 79.9. The van der Waals surface area contributed by atoms with Crippen molar-refractivity contribution in [3.63, 3.8) is 0 Å². The third-order valence-corrected chi connectivity index (χ3v) is 6.37. The molecular weight excluding hydrogens is 380 g/mol. The predicted molar refractivity (Wildman–Crippen MR) is 92.8 cm³/mol. The zero-order valence-corrected chi connectivity index (χ0v) is 15.1. The maximum Gasteiger partial charge on any atom is 0.268 e. The van der Waals surface area contributed by atoms with Gasteiger partial charge in [-0.15, -0.1) is 11.3 Å². The van der Waals surface area contributed by atoms with Gasteiger partial charge in [-0.1, -0.05) is 6.92 Å². The minimum Gasteiger partial charge on any atom is -0.308 e. The summed E-state index contributed by atoms with van der Waals surface area (Å²) in [6.07, 6.45) is 0.780. The minimum absolute atomic E-state index is 0.132. The molecule has 0 aromatic carbocycles. The van der Waals surface area contributed by atoms with E-state index in [-0.39, 0.29) is 5.91 Å². The Morgan fingerprint density at radius 1 is 1.48 bits per heavy atom. The second kappa shape index (κ2) is 5.43. The normalized spacial score (nSPS) is 13.7. The van der Waals surface area contributed by atoms with Crippen molar-refractivity contribution in [2.24, 2.45) is 7.05 Å². The average molecular weight is 395 g/mol. The van der Waals surface area contributed by atoms with E-state index in [4.69, 9.17) is 0 Å². The van der Waals surface area contributed by atoms with Crippen LogP contribution in [0.1, 0.15) is 32.7 Å². The molecule has 0 spiro atoms. The van der Waals surface area contributed by atoms with Crippen molar-refractivity contribution >= 4 is 50.0 Å². The SMILES string of the molecule is CCc1nn(C)c2n[nH]c(NC(=O)c3sc4c(c3Br)CNC4)c12. The van der Waals surface area contributed by atoms with Crippen LogP contribution in [-0.2, 0) is 26.6 Å². The van der Waals surface area contributed by atoms with Crippen molar-refractivity contribution in [1.29, 1.82) is 0 Å². The fourth-order valence-corrected chi connectivity index (χ4v) is 4.89. The summed E-state index contributed by atoms with van der Waals surface area (Å²) >= 11 is 5.08. The van der Waals surface area contributed by atoms with Gasteiger partial charge in [0, 0.05) is 29.5 Å². The average Bonchev–Trinajstić information content (AvgIpc) is 3.25. The van der Waals surface area contributed by atoms with E-state index in [1.165, 1.54) is 21.8 Å². The molecule has 9 heteroatoms. The fourth-order valence-electron chi connectivity index (χ4n) is 2.88. The van der Waals surface area contributed by atoms with E-state index in [9.17, 15) is 4.79 Å². The highest BCUT2D eigenvalue weighted by Gasteiger charge is 2.25. The van der Waals surface area contributed by atoms with Gasteiger partial charge < -0.3 is 10.6 Å². The first-order chi connectivity index (χ1) is 11.1. The minimum atomic E-state index is -0.132. The number of aromatic nitrogens is 4. The summed E-state index contributed by atoms with van der Waals surface area (Å²) in [6.45, 7) is 3.66. The lowest BCUT2D eigenvalue weighted by atomic mass is 10.2. The van der Waals surface area contributed by atoms with Crippen molar-refractivity contribution in [3.05, 3.63) is 25.5 Å². The Bertz CT molecular complexity index is 924. The molecule has 3 aromatic rings. The van der Waals surface area contributed by atoms with E-state index in [0.717, 1.165) is 40.7 Å². The summed E-state index contributed by atoms with van der Waals surface area (Å²) < 4.78 is 2.61. The Morgan fingerprint density at radius 2 is 2.30 bits per heavy atom. The number of halogens is 1. The molecule has 0 saturated carbocycles. The summed E-state index contributed by atoms with van der Waals surface area (Å²) in [6, 6.07) is 0. The van der Waals surface area contributed by atoms with Crippen LogP contribution >= 0.6 is 27.3 Å². The zero-order valence-electron chi connectivity index (χ0n) is 12.7. The topological polar surface area (TPSA) is 87.6 Å². The second-order valence-electron chi connectivity index (χ2n) is 5.43. The number of thiophene rings is 1. The number of nitrogens with zero attached hydrogens (tertiary/aromatic N) is 3. The third-order valence-electron chi connectivity index (χ3n) is 4.01. The number of hydrogen-bond donors (Lipinski definition) is 3. The van der Waals surface area contributed by atoms with Crippen LogP contribution in [0.15, 0.2) is 4.47 Å². The molecule has 0 unspecified atom stereocenters. The van der Waals surface area contributed by atoms with E-state index in [2.05, 4.69) is 41.9 Å². The number of hydrogen-bond acceptors (Lipinski definition) is 5. The van der Waals surface area contributed by atoms with Gasteiger partial charge in [0.25, 0.3) is 5.91 Å².